The van der Waals surface area contributed by atoms with Crippen molar-refractivity contribution in [2.24, 2.45) is 5.73 Å². The second-order valence-corrected chi connectivity index (χ2v) is 5.16. The van der Waals surface area contributed by atoms with E-state index in [2.05, 4.69) is 0 Å². The van der Waals surface area contributed by atoms with Crippen molar-refractivity contribution in [1.29, 1.82) is 0 Å². The Hall–Kier alpha value is -0.300. The van der Waals surface area contributed by atoms with E-state index in [-0.39, 0.29) is 18.2 Å². The summed E-state index contributed by atoms with van der Waals surface area (Å²) in [6.07, 6.45) is 0.137. The Labute approximate surface area is 106 Å². The summed E-state index contributed by atoms with van der Waals surface area (Å²) < 4.78 is 36.4. The van der Waals surface area contributed by atoms with Crippen LogP contribution < -0.4 is 5.73 Å². The Morgan fingerprint density at radius 2 is 2.22 bits per heavy atom. The van der Waals surface area contributed by atoms with Crippen LogP contribution in [0.5, 0.6) is 0 Å². The van der Waals surface area contributed by atoms with E-state index in [1.54, 1.807) is 0 Å². The van der Waals surface area contributed by atoms with Gasteiger partial charge in [0.15, 0.2) is 0 Å². The normalized spacial score (nSPS) is 32.8. The van der Waals surface area contributed by atoms with Crippen LogP contribution in [0.15, 0.2) is 0 Å². The summed E-state index contributed by atoms with van der Waals surface area (Å²) in [4.78, 5) is 1.81. The largest absolute Gasteiger partial charge is 0.378 e. The Balaban J connectivity index is 1.96. The summed E-state index contributed by atoms with van der Waals surface area (Å²) >= 11 is 0. The zero-order valence-corrected chi connectivity index (χ0v) is 10.6. The number of hydrogen-bond donors (Lipinski definition) is 1. The maximum atomic E-state index is 12.6. The number of halogens is 2. The molecular weight excluding hydrogens is 242 g/mol. The molecule has 0 aliphatic carbocycles. The quantitative estimate of drug-likeness (QED) is 0.800. The monoisotopic (exact) mass is 264 g/mol. The fraction of sp³-hybridized carbons (Fsp3) is 1.00. The molecule has 106 valence electrons. The molecule has 2 unspecified atom stereocenters. The van der Waals surface area contributed by atoms with Crippen molar-refractivity contribution >= 4 is 0 Å². The van der Waals surface area contributed by atoms with Gasteiger partial charge in [0.25, 0.3) is 6.43 Å². The molecule has 0 aromatic heterocycles. The molecule has 2 atom stereocenters. The number of nitrogens with two attached hydrogens (primary N) is 1. The minimum absolute atomic E-state index is 0.137. The fourth-order valence-corrected chi connectivity index (χ4v) is 2.94. The summed E-state index contributed by atoms with van der Waals surface area (Å²) in [7, 11) is 0. The highest BCUT2D eigenvalue weighted by Crippen LogP contribution is 2.34. The summed E-state index contributed by atoms with van der Waals surface area (Å²) in [5, 5.41) is 0. The van der Waals surface area contributed by atoms with E-state index in [0.717, 1.165) is 19.3 Å². The van der Waals surface area contributed by atoms with Gasteiger partial charge in [-0.2, -0.15) is 0 Å². The first-order chi connectivity index (χ1) is 8.65. The van der Waals surface area contributed by atoms with Gasteiger partial charge in [-0.25, -0.2) is 8.78 Å². The molecule has 2 N–H and O–H groups in total. The van der Waals surface area contributed by atoms with E-state index in [4.69, 9.17) is 15.2 Å². The van der Waals surface area contributed by atoms with Crippen LogP contribution in [0.1, 0.15) is 19.3 Å². The average Bonchev–Trinajstić information content (AvgIpc) is 2.76. The molecule has 2 saturated heterocycles. The summed E-state index contributed by atoms with van der Waals surface area (Å²) in [5.41, 5.74) is 5.28. The van der Waals surface area contributed by atoms with E-state index in [0.29, 0.717) is 32.9 Å². The highest BCUT2D eigenvalue weighted by atomic mass is 19.3. The predicted molar refractivity (Wildman–Crippen MR) is 63.8 cm³/mol. The standard InChI is InChI=1S/C12H22F2N2O2/c13-11(14)8-16(4-3-15)10-1-5-18-12(7-10)2-6-17-9-12/h10-11H,1-9,15H2. The summed E-state index contributed by atoms with van der Waals surface area (Å²) in [5.74, 6) is 0. The van der Waals surface area contributed by atoms with Crippen molar-refractivity contribution in [3.8, 4) is 0 Å². The van der Waals surface area contributed by atoms with Crippen LogP contribution in [0.3, 0.4) is 0 Å². The molecule has 6 heteroatoms. The lowest BCUT2D eigenvalue weighted by Gasteiger charge is -2.42. The molecule has 2 fully saturated rings. The molecule has 0 radical (unpaired) electrons. The van der Waals surface area contributed by atoms with Crippen molar-refractivity contribution in [2.45, 2.75) is 37.3 Å². The summed E-state index contributed by atoms with van der Waals surface area (Å²) in [6.45, 7) is 2.66. The number of nitrogens with zero attached hydrogens (tertiary/aromatic N) is 1. The van der Waals surface area contributed by atoms with Gasteiger partial charge in [-0.1, -0.05) is 0 Å². The van der Waals surface area contributed by atoms with Crippen molar-refractivity contribution in [2.75, 3.05) is 39.5 Å². The minimum atomic E-state index is -2.31. The maximum Gasteiger partial charge on any atom is 0.251 e. The molecule has 1 spiro atoms. The number of hydrogen-bond acceptors (Lipinski definition) is 4. The van der Waals surface area contributed by atoms with Gasteiger partial charge in [-0.3, -0.25) is 4.90 Å². The van der Waals surface area contributed by atoms with Crippen LogP contribution >= 0.6 is 0 Å². The first-order valence-corrected chi connectivity index (χ1v) is 6.59. The molecule has 18 heavy (non-hydrogen) atoms. The number of ether oxygens (including phenoxy) is 2. The van der Waals surface area contributed by atoms with Crippen LogP contribution in [-0.2, 0) is 9.47 Å². The third kappa shape index (κ3) is 3.38. The van der Waals surface area contributed by atoms with Crippen LogP contribution in [0, 0.1) is 0 Å². The van der Waals surface area contributed by atoms with Gasteiger partial charge >= 0.3 is 0 Å². The van der Waals surface area contributed by atoms with Gasteiger partial charge in [0.2, 0.25) is 0 Å². The molecule has 2 heterocycles. The molecule has 4 nitrogen and oxygen atoms in total. The van der Waals surface area contributed by atoms with E-state index in [1.807, 2.05) is 4.90 Å². The van der Waals surface area contributed by atoms with Crippen molar-refractivity contribution < 1.29 is 18.3 Å². The Morgan fingerprint density at radius 1 is 1.39 bits per heavy atom. The van der Waals surface area contributed by atoms with Crippen molar-refractivity contribution in [3.63, 3.8) is 0 Å². The van der Waals surface area contributed by atoms with E-state index in [9.17, 15) is 8.78 Å². The van der Waals surface area contributed by atoms with Gasteiger partial charge in [-0.05, 0) is 12.8 Å². The lowest BCUT2D eigenvalue weighted by atomic mass is 9.89. The lowest BCUT2D eigenvalue weighted by Crippen LogP contribution is -2.51. The minimum Gasteiger partial charge on any atom is -0.378 e. The first-order valence-electron chi connectivity index (χ1n) is 6.59. The highest BCUT2D eigenvalue weighted by Gasteiger charge is 2.42. The molecule has 0 saturated carbocycles. The van der Waals surface area contributed by atoms with Gasteiger partial charge in [0.05, 0.1) is 18.8 Å². The number of alkyl halides is 2. The molecular formula is C12H22F2N2O2. The van der Waals surface area contributed by atoms with Crippen LogP contribution in [0.25, 0.3) is 0 Å². The third-order valence-electron chi connectivity index (χ3n) is 3.84. The van der Waals surface area contributed by atoms with Crippen LogP contribution in [0.2, 0.25) is 0 Å². The molecule has 2 aliphatic heterocycles. The average molecular weight is 264 g/mol. The molecule has 2 rings (SSSR count). The predicted octanol–water partition coefficient (Wildman–Crippen LogP) is 0.850. The Bertz CT molecular complexity index is 260. The molecule has 0 aromatic rings. The van der Waals surface area contributed by atoms with Crippen molar-refractivity contribution in [3.05, 3.63) is 0 Å². The Morgan fingerprint density at radius 3 is 2.83 bits per heavy atom. The Kier molecular flexibility index (Phi) is 4.89. The third-order valence-corrected chi connectivity index (χ3v) is 3.84. The second-order valence-electron chi connectivity index (χ2n) is 5.16. The van der Waals surface area contributed by atoms with E-state index < -0.39 is 6.43 Å². The molecule has 0 bridgehead atoms. The zero-order valence-electron chi connectivity index (χ0n) is 10.6. The van der Waals surface area contributed by atoms with Gasteiger partial charge in [0, 0.05) is 38.8 Å². The van der Waals surface area contributed by atoms with Gasteiger partial charge in [-0.15, -0.1) is 0 Å². The topological polar surface area (TPSA) is 47.7 Å². The molecule has 0 amide bonds. The van der Waals surface area contributed by atoms with Gasteiger partial charge < -0.3 is 15.2 Å². The van der Waals surface area contributed by atoms with Crippen LogP contribution in [0.4, 0.5) is 8.78 Å². The molecule has 0 aromatic carbocycles. The molecule has 2 aliphatic rings. The number of rotatable bonds is 5. The SMILES string of the molecule is NCCN(CC(F)F)C1CCOC2(CCOC2)C1. The lowest BCUT2D eigenvalue weighted by molar-refractivity contribution is -0.110. The first kappa shape index (κ1) is 14.1. The highest BCUT2D eigenvalue weighted by molar-refractivity contribution is 4.93. The van der Waals surface area contributed by atoms with E-state index >= 15 is 0 Å². The summed E-state index contributed by atoms with van der Waals surface area (Å²) in [6, 6.07) is 0.137. The second kappa shape index (κ2) is 6.23. The maximum absolute atomic E-state index is 12.6. The fourth-order valence-electron chi connectivity index (χ4n) is 2.94. The zero-order chi connectivity index (χ0) is 13.0. The smallest absolute Gasteiger partial charge is 0.251 e. The van der Waals surface area contributed by atoms with Gasteiger partial charge in [0.1, 0.15) is 0 Å². The van der Waals surface area contributed by atoms with Crippen LogP contribution in [-0.4, -0.2) is 62.4 Å². The van der Waals surface area contributed by atoms with Crippen molar-refractivity contribution in [1.82, 2.24) is 4.90 Å². The van der Waals surface area contributed by atoms with E-state index in [1.165, 1.54) is 0 Å².